The summed E-state index contributed by atoms with van der Waals surface area (Å²) in [6.07, 6.45) is 3.56. The van der Waals surface area contributed by atoms with Gasteiger partial charge in [0.1, 0.15) is 0 Å². The number of fused-ring (bicyclic) bond motifs is 2. The van der Waals surface area contributed by atoms with E-state index in [0.29, 0.717) is 32.7 Å². The van der Waals surface area contributed by atoms with E-state index in [4.69, 9.17) is 4.74 Å². The van der Waals surface area contributed by atoms with Crippen LogP contribution in [-0.4, -0.2) is 80.1 Å². The summed E-state index contributed by atoms with van der Waals surface area (Å²) >= 11 is 0. The average molecular weight is 386 g/mol. The molecule has 6 nitrogen and oxygen atoms in total. The van der Waals surface area contributed by atoms with Crippen LogP contribution < -0.4 is 0 Å². The van der Waals surface area contributed by atoms with Crippen molar-refractivity contribution in [1.82, 2.24) is 14.7 Å². The van der Waals surface area contributed by atoms with E-state index in [-0.39, 0.29) is 23.3 Å². The maximum absolute atomic E-state index is 12.9. The first-order valence-corrected chi connectivity index (χ1v) is 10.4. The van der Waals surface area contributed by atoms with Crippen LogP contribution in [0.3, 0.4) is 0 Å². The zero-order valence-electron chi connectivity index (χ0n) is 17.0. The van der Waals surface area contributed by atoms with Crippen molar-refractivity contribution in [3.8, 4) is 0 Å². The lowest BCUT2D eigenvalue weighted by atomic mass is 9.73. The van der Waals surface area contributed by atoms with Gasteiger partial charge in [-0.2, -0.15) is 0 Å². The molecule has 3 aliphatic rings. The van der Waals surface area contributed by atoms with Crippen molar-refractivity contribution in [3.63, 3.8) is 0 Å². The summed E-state index contributed by atoms with van der Waals surface area (Å²) in [4.78, 5) is 30.8. The van der Waals surface area contributed by atoms with Crippen LogP contribution in [0.2, 0.25) is 0 Å². The molecule has 1 unspecified atom stereocenters. The fourth-order valence-electron chi connectivity index (χ4n) is 5.24. The van der Waals surface area contributed by atoms with Crippen molar-refractivity contribution in [2.24, 2.45) is 0 Å². The molecular weight excluding hydrogens is 354 g/mol. The van der Waals surface area contributed by atoms with E-state index >= 15 is 0 Å². The molecular formula is C22H31N3O3. The number of amides is 3. The van der Waals surface area contributed by atoms with E-state index < -0.39 is 0 Å². The molecule has 1 aliphatic carbocycles. The average Bonchev–Trinajstić information content (AvgIpc) is 3.02. The Morgan fingerprint density at radius 2 is 1.75 bits per heavy atom. The standard InChI is InChI=1S/C22H31N3O3/c1-23(2)21(27)25-9-7-22(8-10-25)16-17(18-5-3-4-6-19(18)22)15-20(26)24-11-13-28-14-12-24/h3-6,17H,7-16H2,1-2H3. The molecule has 1 atom stereocenters. The first-order valence-electron chi connectivity index (χ1n) is 10.4. The first kappa shape index (κ1) is 19.2. The zero-order chi connectivity index (χ0) is 19.7. The second-order valence-electron chi connectivity index (χ2n) is 8.63. The summed E-state index contributed by atoms with van der Waals surface area (Å²) in [6, 6.07) is 8.76. The van der Waals surface area contributed by atoms with Gasteiger partial charge in [0, 0.05) is 46.7 Å². The zero-order valence-corrected chi connectivity index (χ0v) is 17.0. The lowest BCUT2D eigenvalue weighted by Crippen LogP contribution is -2.47. The molecule has 152 valence electrons. The summed E-state index contributed by atoms with van der Waals surface area (Å²) in [7, 11) is 3.62. The Kier molecular flexibility index (Phi) is 5.32. The summed E-state index contributed by atoms with van der Waals surface area (Å²) in [5.74, 6) is 0.531. The second kappa shape index (κ2) is 7.74. The fraction of sp³-hybridized carbons (Fsp3) is 0.636. The van der Waals surface area contributed by atoms with Gasteiger partial charge < -0.3 is 19.4 Å². The Bertz CT molecular complexity index is 734. The summed E-state index contributed by atoms with van der Waals surface area (Å²) in [5.41, 5.74) is 2.86. The van der Waals surface area contributed by atoms with E-state index in [1.54, 1.807) is 4.90 Å². The molecule has 0 radical (unpaired) electrons. The molecule has 2 saturated heterocycles. The van der Waals surface area contributed by atoms with E-state index in [1.807, 2.05) is 23.9 Å². The van der Waals surface area contributed by atoms with Crippen molar-refractivity contribution in [1.29, 1.82) is 0 Å². The number of piperidine rings is 1. The van der Waals surface area contributed by atoms with Gasteiger partial charge in [-0.3, -0.25) is 4.79 Å². The number of nitrogens with zero attached hydrogens (tertiary/aromatic N) is 3. The maximum Gasteiger partial charge on any atom is 0.319 e. The molecule has 1 aromatic rings. The minimum absolute atomic E-state index is 0.0974. The van der Waals surface area contributed by atoms with E-state index in [1.165, 1.54) is 11.1 Å². The number of carbonyl (C=O) groups excluding carboxylic acids is 2. The van der Waals surface area contributed by atoms with E-state index in [0.717, 1.165) is 32.4 Å². The third kappa shape index (κ3) is 3.50. The summed E-state index contributed by atoms with van der Waals surface area (Å²) in [6.45, 7) is 4.28. The van der Waals surface area contributed by atoms with E-state index in [2.05, 4.69) is 24.3 Å². The van der Waals surface area contributed by atoms with Gasteiger partial charge in [0.15, 0.2) is 0 Å². The molecule has 1 aromatic carbocycles. The van der Waals surface area contributed by atoms with Crippen molar-refractivity contribution < 1.29 is 14.3 Å². The topological polar surface area (TPSA) is 53.1 Å². The van der Waals surface area contributed by atoms with Crippen molar-refractivity contribution in [3.05, 3.63) is 35.4 Å². The van der Waals surface area contributed by atoms with Gasteiger partial charge in [-0.15, -0.1) is 0 Å². The molecule has 0 saturated carbocycles. The Balaban J connectivity index is 1.49. The minimum atomic E-state index is 0.0974. The van der Waals surface area contributed by atoms with Gasteiger partial charge in [-0.1, -0.05) is 24.3 Å². The number of benzene rings is 1. The van der Waals surface area contributed by atoms with Crippen LogP contribution in [0, 0.1) is 0 Å². The van der Waals surface area contributed by atoms with Crippen LogP contribution in [0.25, 0.3) is 0 Å². The molecule has 2 fully saturated rings. The van der Waals surface area contributed by atoms with Crippen LogP contribution in [0.1, 0.15) is 42.7 Å². The highest BCUT2D eigenvalue weighted by Gasteiger charge is 2.46. The normalized spacial score (nSPS) is 23.6. The Morgan fingerprint density at radius 1 is 1.07 bits per heavy atom. The summed E-state index contributed by atoms with van der Waals surface area (Å²) < 4.78 is 5.38. The Hall–Kier alpha value is -2.08. The third-order valence-electron chi connectivity index (χ3n) is 6.77. The number of hydrogen-bond acceptors (Lipinski definition) is 3. The molecule has 2 aliphatic heterocycles. The largest absolute Gasteiger partial charge is 0.378 e. The van der Waals surface area contributed by atoms with Crippen LogP contribution >= 0.6 is 0 Å². The number of urea groups is 1. The van der Waals surface area contributed by atoms with Crippen LogP contribution in [0.5, 0.6) is 0 Å². The van der Waals surface area contributed by atoms with Gasteiger partial charge >= 0.3 is 6.03 Å². The fourth-order valence-corrected chi connectivity index (χ4v) is 5.24. The van der Waals surface area contributed by atoms with E-state index in [9.17, 15) is 9.59 Å². The molecule has 0 bridgehead atoms. The predicted molar refractivity (Wildman–Crippen MR) is 107 cm³/mol. The molecule has 4 rings (SSSR count). The molecule has 2 heterocycles. The first-order chi connectivity index (χ1) is 13.5. The maximum atomic E-state index is 12.9. The van der Waals surface area contributed by atoms with Crippen LogP contribution in [0.4, 0.5) is 4.79 Å². The molecule has 1 spiro atoms. The van der Waals surface area contributed by atoms with Crippen LogP contribution in [0.15, 0.2) is 24.3 Å². The monoisotopic (exact) mass is 385 g/mol. The van der Waals surface area contributed by atoms with Gasteiger partial charge in [-0.25, -0.2) is 4.79 Å². The molecule has 0 N–H and O–H groups in total. The van der Waals surface area contributed by atoms with Gasteiger partial charge in [0.05, 0.1) is 13.2 Å². The number of carbonyl (C=O) groups is 2. The summed E-state index contributed by atoms with van der Waals surface area (Å²) in [5, 5.41) is 0. The smallest absolute Gasteiger partial charge is 0.319 e. The number of likely N-dealkylation sites (tertiary alicyclic amines) is 1. The van der Waals surface area contributed by atoms with Gasteiger partial charge in [-0.05, 0) is 41.7 Å². The Labute approximate surface area is 167 Å². The predicted octanol–water partition coefficient (Wildman–Crippen LogP) is 2.44. The second-order valence-corrected chi connectivity index (χ2v) is 8.63. The van der Waals surface area contributed by atoms with Crippen LogP contribution in [-0.2, 0) is 14.9 Å². The molecule has 6 heteroatoms. The molecule has 28 heavy (non-hydrogen) atoms. The number of rotatable bonds is 2. The quantitative estimate of drug-likeness (QED) is 0.786. The number of ether oxygens (including phenoxy) is 1. The molecule has 3 amide bonds. The third-order valence-corrected chi connectivity index (χ3v) is 6.77. The lowest BCUT2D eigenvalue weighted by Gasteiger charge is -2.41. The highest BCUT2D eigenvalue weighted by Crippen LogP contribution is 2.52. The van der Waals surface area contributed by atoms with Gasteiger partial charge in [0.25, 0.3) is 0 Å². The highest BCUT2D eigenvalue weighted by molar-refractivity contribution is 5.78. The van der Waals surface area contributed by atoms with Crippen molar-refractivity contribution in [2.75, 3.05) is 53.5 Å². The highest BCUT2D eigenvalue weighted by atomic mass is 16.5. The number of morpholine rings is 1. The Morgan fingerprint density at radius 3 is 2.43 bits per heavy atom. The SMILES string of the molecule is CN(C)C(=O)N1CCC2(CC1)CC(CC(=O)N1CCOCC1)c1ccccc12. The molecule has 0 aromatic heterocycles. The van der Waals surface area contributed by atoms with Crippen molar-refractivity contribution >= 4 is 11.9 Å². The lowest BCUT2D eigenvalue weighted by molar-refractivity contribution is -0.135. The minimum Gasteiger partial charge on any atom is -0.378 e. The number of hydrogen-bond donors (Lipinski definition) is 0. The van der Waals surface area contributed by atoms with Crippen molar-refractivity contribution in [2.45, 2.75) is 37.0 Å². The van der Waals surface area contributed by atoms with Gasteiger partial charge in [0.2, 0.25) is 5.91 Å².